The number of hydrogen-bond acceptors (Lipinski definition) is 7. The Hall–Kier alpha value is -3.03. The summed E-state index contributed by atoms with van der Waals surface area (Å²) in [6, 6.07) is 11.2. The number of hydrogen-bond donors (Lipinski definition) is 0. The van der Waals surface area contributed by atoms with E-state index in [0.29, 0.717) is 24.6 Å². The number of carbonyl (C=O) groups excluding carboxylic acids is 1. The predicted molar refractivity (Wildman–Crippen MR) is 104 cm³/mol. The molecule has 1 saturated heterocycles. The third kappa shape index (κ3) is 4.78. The molecule has 27 heavy (non-hydrogen) atoms. The van der Waals surface area contributed by atoms with Crippen molar-refractivity contribution in [3.63, 3.8) is 0 Å². The number of aromatic nitrogens is 2. The first-order chi connectivity index (χ1) is 13.1. The fourth-order valence-corrected chi connectivity index (χ4v) is 2.84. The molecule has 0 spiro atoms. The zero-order chi connectivity index (χ0) is 19.2. The lowest BCUT2D eigenvalue weighted by molar-refractivity contribution is -0.133. The van der Waals surface area contributed by atoms with Crippen molar-refractivity contribution in [1.82, 2.24) is 15.1 Å². The Morgan fingerprint density at radius 2 is 1.81 bits per heavy atom. The first-order valence-electron chi connectivity index (χ1n) is 8.87. The van der Waals surface area contributed by atoms with Crippen molar-refractivity contribution in [2.24, 2.45) is 0 Å². The van der Waals surface area contributed by atoms with Crippen molar-refractivity contribution in [3.8, 4) is 11.5 Å². The second-order valence-corrected chi connectivity index (χ2v) is 6.48. The van der Waals surface area contributed by atoms with Crippen molar-refractivity contribution in [1.29, 1.82) is 0 Å². The van der Waals surface area contributed by atoms with Crippen LogP contribution in [0.2, 0.25) is 0 Å². The Labute approximate surface area is 159 Å². The number of anilines is 2. The van der Waals surface area contributed by atoms with Gasteiger partial charge in [0.25, 0.3) is 5.91 Å². The molecule has 3 rings (SSSR count). The highest BCUT2D eigenvalue weighted by molar-refractivity contribution is 5.78. The number of piperazine rings is 1. The van der Waals surface area contributed by atoms with Crippen LogP contribution >= 0.6 is 0 Å². The summed E-state index contributed by atoms with van der Waals surface area (Å²) >= 11 is 0. The van der Waals surface area contributed by atoms with E-state index < -0.39 is 0 Å². The van der Waals surface area contributed by atoms with Crippen LogP contribution in [-0.4, -0.2) is 75.0 Å². The van der Waals surface area contributed by atoms with E-state index in [2.05, 4.69) is 15.1 Å². The first kappa shape index (κ1) is 18.8. The molecular formula is C19H25N5O3. The van der Waals surface area contributed by atoms with Gasteiger partial charge in [0, 0.05) is 46.3 Å². The molecule has 1 aromatic carbocycles. The third-order valence-electron chi connectivity index (χ3n) is 4.45. The second kappa shape index (κ2) is 8.57. The summed E-state index contributed by atoms with van der Waals surface area (Å²) in [5.41, 5.74) is 0. The summed E-state index contributed by atoms with van der Waals surface area (Å²) in [7, 11) is 5.46. The molecule has 2 aromatic rings. The van der Waals surface area contributed by atoms with Gasteiger partial charge in [0.05, 0.1) is 7.11 Å². The Kier molecular flexibility index (Phi) is 5.95. The van der Waals surface area contributed by atoms with Gasteiger partial charge in [0.2, 0.25) is 0 Å². The lowest BCUT2D eigenvalue weighted by Gasteiger charge is -2.35. The monoisotopic (exact) mass is 371 g/mol. The molecule has 0 bridgehead atoms. The van der Waals surface area contributed by atoms with Crippen molar-refractivity contribution < 1.29 is 14.3 Å². The normalized spacial score (nSPS) is 14.0. The first-order valence-corrected chi connectivity index (χ1v) is 8.87. The smallest absolute Gasteiger partial charge is 0.260 e. The molecule has 0 saturated carbocycles. The summed E-state index contributed by atoms with van der Waals surface area (Å²) in [5.74, 6) is 2.96. The van der Waals surface area contributed by atoms with E-state index in [0.717, 1.165) is 24.7 Å². The van der Waals surface area contributed by atoms with E-state index in [-0.39, 0.29) is 12.5 Å². The van der Waals surface area contributed by atoms with Crippen LogP contribution in [0.25, 0.3) is 0 Å². The van der Waals surface area contributed by atoms with E-state index in [1.165, 1.54) is 0 Å². The quantitative estimate of drug-likeness (QED) is 0.757. The standard InChI is InChI=1S/C19H25N5O3/c1-22(2)17-7-8-18(21-20-17)23-9-11-24(12-10-23)19(25)14-27-16-6-4-5-15(13-16)26-3/h4-8,13H,9-12,14H2,1-3H3. The maximum Gasteiger partial charge on any atom is 0.260 e. The summed E-state index contributed by atoms with van der Waals surface area (Å²) in [6.07, 6.45) is 0. The summed E-state index contributed by atoms with van der Waals surface area (Å²) in [4.78, 5) is 18.3. The highest BCUT2D eigenvalue weighted by atomic mass is 16.5. The van der Waals surface area contributed by atoms with Gasteiger partial charge in [-0.1, -0.05) is 6.07 Å². The average Bonchev–Trinajstić information content (AvgIpc) is 2.72. The van der Waals surface area contributed by atoms with E-state index in [4.69, 9.17) is 9.47 Å². The molecule has 0 aliphatic carbocycles. The number of methoxy groups -OCH3 is 1. The number of benzene rings is 1. The molecule has 144 valence electrons. The molecule has 1 amide bonds. The molecule has 1 fully saturated rings. The zero-order valence-corrected chi connectivity index (χ0v) is 16.0. The van der Waals surface area contributed by atoms with Crippen LogP contribution in [0.3, 0.4) is 0 Å². The molecule has 8 heteroatoms. The van der Waals surface area contributed by atoms with Crippen LogP contribution in [0.5, 0.6) is 11.5 Å². The number of ether oxygens (including phenoxy) is 2. The Balaban J connectivity index is 1.48. The van der Waals surface area contributed by atoms with E-state index >= 15 is 0 Å². The van der Waals surface area contributed by atoms with Crippen LogP contribution in [0.4, 0.5) is 11.6 Å². The van der Waals surface area contributed by atoms with Crippen molar-refractivity contribution in [2.75, 3.05) is 63.8 Å². The van der Waals surface area contributed by atoms with E-state index in [1.54, 1.807) is 13.2 Å². The largest absolute Gasteiger partial charge is 0.497 e. The summed E-state index contributed by atoms with van der Waals surface area (Å²) in [6.45, 7) is 2.74. The van der Waals surface area contributed by atoms with Gasteiger partial charge in [0.1, 0.15) is 11.5 Å². The Morgan fingerprint density at radius 1 is 1.07 bits per heavy atom. The minimum atomic E-state index is -0.0218. The highest BCUT2D eigenvalue weighted by Gasteiger charge is 2.22. The number of carbonyl (C=O) groups is 1. The molecule has 2 heterocycles. The van der Waals surface area contributed by atoms with E-state index in [9.17, 15) is 4.79 Å². The Bertz CT molecular complexity index is 758. The molecule has 0 N–H and O–H groups in total. The molecule has 0 radical (unpaired) electrons. The van der Waals surface area contributed by atoms with Gasteiger partial charge in [-0.25, -0.2) is 0 Å². The predicted octanol–water partition coefficient (Wildman–Crippen LogP) is 1.28. The van der Waals surface area contributed by atoms with Gasteiger partial charge in [-0.15, -0.1) is 10.2 Å². The fraction of sp³-hybridized carbons (Fsp3) is 0.421. The molecule has 0 atom stereocenters. The number of nitrogens with zero attached hydrogens (tertiary/aromatic N) is 5. The number of amides is 1. The SMILES string of the molecule is COc1cccc(OCC(=O)N2CCN(c3ccc(N(C)C)nn3)CC2)c1. The lowest BCUT2D eigenvalue weighted by Crippen LogP contribution is -2.50. The maximum atomic E-state index is 12.4. The zero-order valence-electron chi connectivity index (χ0n) is 16.0. The lowest BCUT2D eigenvalue weighted by atomic mass is 10.3. The number of rotatable bonds is 6. The summed E-state index contributed by atoms with van der Waals surface area (Å²) < 4.78 is 10.8. The van der Waals surface area contributed by atoms with Gasteiger partial charge in [-0.05, 0) is 24.3 Å². The average molecular weight is 371 g/mol. The highest BCUT2D eigenvalue weighted by Crippen LogP contribution is 2.19. The van der Waals surface area contributed by atoms with Crippen LogP contribution in [0.1, 0.15) is 0 Å². The summed E-state index contributed by atoms with van der Waals surface area (Å²) in [5, 5.41) is 8.49. The third-order valence-corrected chi connectivity index (χ3v) is 4.45. The van der Waals surface area contributed by atoms with Crippen molar-refractivity contribution in [2.45, 2.75) is 0 Å². The van der Waals surface area contributed by atoms with Crippen LogP contribution in [0, 0.1) is 0 Å². The van der Waals surface area contributed by atoms with Crippen LogP contribution in [-0.2, 0) is 4.79 Å². The molecule has 1 aliphatic rings. The van der Waals surface area contributed by atoms with Gasteiger partial charge >= 0.3 is 0 Å². The van der Waals surface area contributed by atoms with E-state index in [1.807, 2.05) is 54.2 Å². The van der Waals surface area contributed by atoms with Gasteiger partial charge in [-0.3, -0.25) is 4.79 Å². The second-order valence-electron chi connectivity index (χ2n) is 6.48. The fourth-order valence-electron chi connectivity index (χ4n) is 2.84. The van der Waals surface area contributed by atoms with Crippen LogP contribution < -0.4 is 19.3 Å². The molecule has 1 aromatic heterocycles. The van der Waals surface area contributed by atoms with Crippen LogP contribution in [0.15, 0.2) is 36.4 Å². The topological polar surface area (TPSA) is 71.0 Å². The minimum Gasteiger partial charge on any atom is -0.497 e. The molecule has 8 nitrogen and oxygen atoms in total. The molecular weight excluding hydrogens is 346 g/mol. The van der Waals surface area contributed by atoms with Gasteiger partial charge in [-0.2, -0.15) is 0 Å². The van der Waals surface area contributed by atoms with Gasteiger partial charge < -0.3 is 24.2 Å². The van der Waals surface area contributed by atoms with Gasteiger partial charge in [0.15, 0.2) is 18.2 Å². The molecule has 0 unspecified atom stereocenters. The molecule has 1 aliphatic heterocycles. The maximum absolute atomic E-state index is 12.4. The van der Waals surface area contributed by atoms with Crippen molar-refractivity contribution >= 4 is 17.5 Å². The van der Waals surface area contributed by atoms with Crippen molar-refractivity contribution in [3.05, 3.63) is 36.4 Å². The minimum absolute atomic E-state index is 0.0184. The Morgan fingerprint density at radius 3 is 2.44 bits per heavy atom.